The first-order valence-electron chi connectivity index (χ1n) is 7.25. The second kappa shape index (κ2) is 6.96. The van der Waals surface area contributed by atoms with Crippen LogP contribution in [0.4, 0.5) is 0 Å². The number of para-hydroxylation sites is 1. The number of thioether (sulfide) groups is 1. The lowest BCUT2D eigenvalue weighted by Crippen LogP contribution is -2.27. The fourth-order valence-electron chi connectivity index (χ4n) is 2.15. The van der Waals surface area contributed by atoms with Crippen LogP contribution >= 0.6 is 11.8 Å². The summed E-state index contributed by atoms with van der Waals surface area (Å²) in [5.74, 6) is -0.330. The van der Waals surface area contributed by atoms with Crippen LogP contribution < -0.4 is 5.56 Å². The van der Waals surface area contributed by atoms with Crippen molar-refractivity contribution in [1.29, 1.82) is 0 Å². The Hall–Kier alpha value is -1.82. The maximum atomic E-state index is 12.8. The van der Waals surface area contributed by atoms with Crippen molar-refractivity contribution in [2.45, 2.75) is 43.6 Å². The smallest absolute Gasteiger partial charge is 0.318 e. The van der Waals surface area contributed by atoms with Crippen molar-refractivity contribution in [3.63, 3.8) is 0 Å². The van der Waals surface area contributed by atoms with Gasteiger partial charge >= 0.3 is 5.97 Å². The normalized spacial score (nSPS) is 13.8. The van der Waals surface area contributed by atoms with E-state index in [-0.39, 0.29) is 17.6 Å². The Labute approximate surface area is 133 Å². The quantitative estimate of drug-likeness (QED) is 0.481. The van der Waals surface area contributed by atoms with Crippen molar-refractivity contribution < 1.29 is 9.53 Å². The number of ether oxygens (including phenoxy) is 1. The molecule has 0 unspecified atom stereocenters. The Morgan fingerprint density at radius 2 is 2.05 bits per heavy atom. The minimum atomic E-state index is -0.423. The van der Waals surface area contributed by atoms with Gasteiger partial charge in [-0.25, -0.2) is 4.98 Å². The third kappa shape index (κ3) is 3.16. The van der Waals surface area contributed by atoms with Crippen LogP contribution in [0.5, 0.6) is 0 Å². The van der Waals surface area contributed by atoms with E-state index in [1.807, 2.05) is 32.0 Å². The van der Waals surface area contributed by atoms with E-state index < -0.39 is 5.25 Å². The Kier molecular flexibility index (Phi) is 5.24. The van der Waals surface area contributed by atoms with E-state index in [0.29, 0.717) is 16.1 Å². The lowest BCUT2D eigenvalue weighted by atomic mass is 10.2. The van der Waals surface area contributed by atoms with E-state index >= 15 is 0 Å². The van der Waals surface area contributed by atoms with Crippen LogP contribution in [0.2, 0.25) is 0 Å². The second-order valence-corrected chi connectivity index (χ2v) is 6.44. The van der Waals surface area contributed by atoms with Crippen LogP contribution in [0.3, 0.4) is 0 Å². The van der Waals surface area contributed by atoms with Crippen LogP contribution in [-0.4, -0.2) is 27.9 Å². The lowest BCUT2D eigenvalue weighted by molar-refractivity contribution is -0.139. The standard InChI is InChI=1S/C16H20N2O3S/c1-5-10(2)18-14(19)12-8-6-7-9-13(12)17-16(18)22-11(3)15(20)21-4/h6-11H,5H2,1-4H3/t10-,11-/m0/s1. The molecular weight excluding hydrogens is 300 g/mol. The van der Waals surface area contributed by atoms with Gasteiger partial charge in [0.05, 0.1) is 18.0 Å². The topological polar surface area (TPSA) is 61.2 Å². The largest absolute Gasteiger partial charge is 0.468 e. The molecule has 2 aromatic rings. The van der Waals surface area contributed by atoms with Crippen LogP contribution in [0.1, 0.15) is 33.2 Å². The SMILES string of the molecule is CC[C@H](C)n1c(S[C@@H](C)C(=O)OC)nc2ccccc2c1=O. The molecule has 22 heavy (non-hydrogen) atoms. The predicted molar refractivity (Wildman–Crippen MR) is 88.3 cm³/mol. The minimum absolute atomic E-state index is 0.0111. The molecule has 1 aromatic carbocycles. The van der Waals surface area contributed by atoms with Gasteiger partial charge in [-0.2, -0.15) is 0 Å². The summed E-state index contributed by atoms with van der Waals surface area (Å²) in [5.41, 5.74) is 0.575. The average molecular weight is 320 g/mol. The average Bonchev–Trinajstić information content (AvgIpc) is 2.53. The minimum Gasteiger partial charge on any atom is -0.468 e. The van der Waals surface area contributed by atoms with E-state index in [2.05, 4.69) is 4.98 Å². The zero-order chi connectivity index (χ0) is 16.3. The van der Waals surface area contributed by atoms with Crippen molar-refractivity contribution in [2.24, 2.45) is 0 Å². The number of esters is 1. The molecule has 0 aliphatic heterocycles. The highest BCUT2D eigenvalue weighted by Crippen LogP contribution is 2.26. The number of nitrogens with zero attached hydrogens (tertiary/aromatic N) is 2. The number of aromatic nitrogens is 2. The van der Waals surface area contributed by atoms with Crippen molar-refractivity contribution in [3.8, 4) is 0 Å². The fourth-order valence-corrected chi connectivity index (χ4v) is 3.19. The predicted octanol–water partition coefficient (Wildman–Crippen LogP) is 3.02. The molecule has 0 radical (unpaired) electrons. The zero-order valence-corrected chi connectivity index (χ0v) is 14.0. The van der Waals surface area contributed by atoms with Crippen molar-refractivity contribution >= 4 is 28.6 Å². The number of carbonyl (C=O) groups is 1. The van der Waals surface area contributed by atoms with Crippen molar-refractivity contribution in [1.82, 2.24) is 9.55 Å². The monoisotopic (exact) mass is 320 g/mol. The molecule has 1 aromatic heterocycles. The summed E-state index contributed by atoms with van der Waals surface area (Å²) < 4.78 is 6.43. The maximum absolute atomic E-state index is 12.8. The molecule has 0 N–H and O–H groups in total. The van der Waals surface area contributed by atoms with Gasteiger partial charge in [-0.05, 0) is 32.4 Å². The van der Waals surface area contributed by atoms with Gasteiger partial charge in [-0.3, -0.25) is 14.2 Å². The van der Waals surface area contributed by atoms with Gasteiger partial charge < -0.3 is 4.74 Å². The fraction of sp³-hybridized carbons (Fsp3) is 0.438. The van der Waals surface area contributed by atoms with Crippen LogP contribution in [0.15, 0.2) is 34.2 Å². The molecule has 2 atom stereocenters. The number of hydrogen-bond donors (Lipinski definition) is 0. The summed E-state index contributed by atoms with van der Waals surface area (Å²) in [6.07, 6.45) is 0.806. The first-order valence-corrected chi connectivity index (χ1v) is 8.13. The molecule has 0 saturated heterocycles. The van der Waals surface area contributed by atoms with Gasteiger partial charge in [0.25, 0.3) is 5.56 Å². The Morgan fingerprint density at radius 1 is 1.36 bits per heavy atom. The highest BCUT2D eigenvalue weighted by molar-refractivity contribution is 8.00. The van der Waals surface area contributed by atoms with Gasteiger partial charge in [0.1, 0.15) is 5.25 Å². The number of methoxy groups -OCH3 is 1. The summed E-state index contributed by atoms with van der Waals surface area (Å²) >= 11 is 1.25. The zero-order valence-electron chi connectivity index (χ0n) is 13.2. The number of rotatable bonds is 5. The molecule has 5 nitrogen and oxygen atoms in total. The van der Waals surface area contributed by atoms with Gasteiger partial charge in [0.15, 0.2) is 5.16 Å². The van der Waals surface area contributed by atoms with Crippen molar-refractivity contribution in [3.05, 3.63) is 34.6 Å². The molecule has 0 spiro atoms. The molecule has 0 aliphatic carbocycles. The van der Waals surface area contributed by atoms with Gasteiger partial charge in [0.2, 0.25) is 0 Å². The van der Waals surface area contributed by atoms with E-state index in [1.165, 1.54) is 18.9 Å². The van der Waals surface area contributed by atoms with E-state index in [9.17, 15) is 9.59 Å². The van der Waals surface area contributed by atoms with E-state index in [1.54, 1.807) is 17.6 Å². The molecule has 118 valence electrons. The van der Waals surface area contributed by atoms with Crippen molar-refractivity contribution in [2.75, 3.05) is 7.11 Å². The number of hydrogen-bond acceptors (Lipinski definition) is 5. The molecule has 2 rings (SSSR count). The molecule has 0 fully saturated rings. The molecular formula is C16H20N2O3S. The highest BCUT2D eigenvalue weighted by atomic mass is 32.2. The molecule has 0 aliphatic rings. The van der Waals surface area contributed by atoms with E-state index in [4.69, 9.17) is 4.74 Å². The lowest BCUT2D eigenvalue weighted by Gasteiger charge is -2.19. The molecule has 1 heterocycles. The third-order valence-corrected chi connectivity index (χ3v) is 4.67. The van der Waals surface area contributed by atoms with Crippen LogP contribution in [-0.2, 0) is 9.53 Å². The Morgan fingerprint density at radius 3 is 2.68 bits per heavy atom. The Bertz CT molecular complexity index is 742. The summed E-state index contributed by atoms with van der Waals surface area (Å²) in [4.78, 5) is 29.0. The van der Waals surface area contributed by atoms with Gasteiger partial charge in [0, 0.05) is 6.04 Å². The molecule has 0 bridgehead atoms. The van der Waals surface area contributed by atoms with Gasteiger partial charge in [-0.1, -0.05) is 30.8 Å². The molecule has 0 amide bonds. The number of fused-ring (bicyclic) bond motifs is 1. The summed E-state index contributed by atoms with van der Waals surface area (Å²) in [5, 5.41) is 0.724. The molecule has 0 saturated carbocycles. The number of benzene rings is 1. The molecule has 6 heteroatoms. The van der Waals surface area contributed by atoms with Crippen LogP contribution in [0, 0.1) is 0 Å². The number of carbonyl (C=O) groups excluding carboxylic acids is 1. The van der Waals surface area contributed by atoms with E-state index in [0.717, 1.165) is 6.42 Å². The highest BCUT2D eigenvalue weighted by Gasteiger charge is 2.21. The van der Waals surface area contributed by atoms with Crippen LogP contribution in [0.25, 0.3) is 10.9 Å². The summed E-state index contributed by atoms with van der Waals surface area (Å²) in [7, 11) is 1.36. The second-order valence-electron chi connectivity index (χ2n) is 5.13. The maximum Gasteiger partial charge on any atom is 0.318 e. The Balaban J connectivity index is 2.60. The summed E-state index contributed by atoms with van der Waals surface area (Å²) in [6.45, 7) is 5.74. The summed E-state index contributed by atoms with van der Waals surface area (Å²) in [6, 6.07) is 7.28. The first-order chi connectivity index (χ1) is 10.5. The first kappa shape index (κ1) is 16.5. The van der Waals surface area contributed by atoms with Gasteiger partial charge in [-0.15, -0.1) is 0 Å². The third-order valence-electron chi connectivity index (χ3n) is 3.62.